The average molecular weight is 425 g/mol. The molecular formula is C27H36O4. The molecule has 1 heterocycles. The molecule has 1 aromatic rings. The third-order valence-electron chi connectivity index (χ3n) is 5.76. The van der Waals surface area contributed by atoms with Gasteiger partial charge in [0.25, 0.3) is 0 Å². The van der Waals surface area contributed by atoms with Crippen molar-refractivity contribution in [2.45, 2.75) is 85.7 Å². The van der Waals surface area contributed by atoms with Crippen molar-refractivity contribution in [3.8, 4) is 11.5 Å². The molecule has 0 bridgehead atoms. The van der Waals surface area contributed by atoms with Gasteiger partial charge in [0, 0.05) is 0 Å². The number of Topliss-reactive ketones (excluding diaryl/α,β-unsaturated/α-hetero) is 1. The molecule has 1 aliphatic rings. The monoisotopic (exact) mass is 424 g/mol. The summed E-state index contributed by atoms with van der Waals surface area (Å²) < 4.78 is 6.35. The lowest BCUT2D eigenvalue weighted by Crippen LogP contribution is -2.36. The van der Waals surface area contributed by atoms with E-state index in [1.807, 2.05) is 26.8 Å². The van der Waals surface area contributed by atoms with Crippen molar-refractivity contribution in [1.82, 2.24) is 0 Å². The molecule has 1 N–H and O–H groups in total. The molecule has 1 unspecified atom stereocenters. The topological polar surface area (TPSA) is 63.6 Å². The van der Waals surface area contributed by atoms with E-state index in [2.05, 4.69) is 19.9 Å². The zero-order valence-electron chi connectivity index (χ0n) is 19.8. The molecule has 4 heteroatoms. The van der Waals surface area contributed by atoms with Gasteiger partial charge >= 0.3 is 0 Å². The second kappa shape index (κ2) is 10.6. The summed E-state index contributed by atoms with van der Waals surface area (Å²) in [5.41, 5.74) is 4.47. The van der Waals surface area contributed by atoms with E-state index in [1.54, 1.807) is 19.1 Å². The van der Waals surface area contributed by atoms with Gasteiger partial charge in [0.2, 0.25) is 11.6 Å². The van der Waals surface area contributed by atoms with E-state index in [-0.39, 0.29) is 5.60 Å². The normalized spacial score (nSPS) is 18.8. The van der Waals surface area contributed by atoms with E-state index < -0.39 is 11.6 Å². The number of hydrogen-bond acceptors (Lipinski definition) is 4. The summed E-state index contributed by atoms with van der Waals surface area (Å²) in [4.78, 5) is 23.9. The number of aryl methyl sites for hydroxylation is 2. The summed E-state index contributed by atoms with van der Waals surface area (Å²) in [5.74, 6) is 0.345. The first-order chi connectivity index (χ1) is 14.5. The van der Waals surface area contributed by atoms with Crippen LogP contribution in [0, 0.1) is 6.92 Å². The molecule has 1 aliphatic heterocycles. The van der Waals surface area contributed by atoms with Crippen molar-refractivity contribution in [3.63, 3.8) is 0 Å². The largest absolute Gasteiger partial charge is 0.508 e. The first-order valence-corrected chi connectivity index (χ1v) is 11.1. The van der Waals surface area contributed by atoms with Gasteiger partial charge in [0.05, 0.1) is 0 Å². The van der Waals surface area contributed by atoms with Crippen LogP contribution in [0.4, 0.5) is 0 Å². The molecule has 2 rings (SSSR count). The first-order valence-electron chi connectivity index (χ1n) is 11.1. The number of carbonyl (C=O) groups is 2. The Balaban J connectivity index is 1.85. The SMILES string of the molecule is CC(C)=CC(=O)C(=O)C(C)=CCCC(C)=CCCC1(C)CCc2cc(O)cc(C)c2O1. The summed E-state index contributed by atoms with van der Waals surface area (Å²) in [5, 5.41) is 9.79. The number of benzene rings is 1. The molecule has 1 aromatic carbocycles. The molecule has 31 heavy (non-hydrogen) atoms. The third-order valence-corrected chi connectivity index (χ3v) is 5.76. The number of allylic oxidation sites excluding steroid dienone is 6. The Morgan fingerprint density at radius 3 is 2.52 bits per heavy atom. The molecule has 4 nitrogen and oxygen atoms in total. The Morgan fingerprint density at radius 1 is 1.13 bits per heavy atom. The van der Waals surface area contributed by atoms with Crippen LogP contribution >= 0.6 is 0 Å². The highest BCUT2D eigenvalue weighted by molar-refractivity contribution is 6.47. The van der Waals surface area contributed by atoms with Crippen molar-refractivity contribution in [2.75, 3.05) is 0 Å². The quantitative estimate of drug-likeness (QED) is 0.285. The van der Waals surface area contributed by atoms with E-state index in [9.17, 15) is 14.7 Å². The number of carbonyl (C=O) groups excluding carboxylic acids is 2. The second-order valence-electron chi connectivity index (χ2n) is 9.23. The smallest absolute Gasteiger partial charge is 0.228 e. The number of rotatable bonds is 9. The number of ketones is 2. The van der Waals surface area contributed by atoms with Crippen molar-refractivity contribution >= 4 is 11.6 Å². The van der Waals surface area contributed by atoms with Gasteiger partial charge in [-0.05, 0) is 115 Å². The number of fused-ring (bicyclic) bond motifs is 1. The fourth-order valence-corrected chi connectivity index (χ4v) is 3.89. The van der Waals surface area contributed by atoms with E-state index in [0.717, 1.165) is 61.0 Å². The highest BCUT2D eigenvalue weighted by Gasteiger charge is 2.32. The molecule has 0 aromatic heterocycles. The fraction of sp³-hybridized carbons (Fsp3) is 0.481. The lowest BCUT2D eigenvalue weighted by molar-refractivity contribution is -0.131. The van der Waals surface area contributed by atoms with E-state index in [0.29, 0.717) is 11.3 Å². The van der Waals surface area contributed by atoms with Crippen molar-refractivity contribution in [3.05, 3.63) is 58.2 Å². The lowest BCUT2D eigenvalue weighted by atomic mass is 9.87. The predicted octanol–water partition coefficient (Wildman–Crippen LogP) is 6.34. The Hall–Kier alpha value is -2.62. The molecule has 0 spiro atoms. The van der Waals surface area contributed by atoms with Crippen LogP contribution in [0.25, 0.3) is 0 Å². The summed E-state index contributed by atoms with van der Waals surface area (Å²) >= 11 is 0. The maximum absolute atomic E-state index is 12.1. The molecular weight excluding hydrogens is 388 g/mol. The molecule has 0 fully saturated rings. The molecule has 1 atom stereocenters. The summed E-state index contributed by atoms with van der Waals surface area (Å²) in [6, 6.07) is 3.56. The minimum absolute atomic E-state index is 0.209. The van der Waals surface area contributed by atoms with Crippen LogP contribution in [-0.4, -0.2) is 22.3 Å². The summed E-state index contributed by atoms with van der Waals surface area (Å²) in [6.07, 6.45) is 10.8. The number of phenols is 1. The number of ether oxygens (including phenoxy) is 1. The number of phenolic OH excluding ortho intramolecular Hbond substituents is 1. The van der Waals surface area contributed by atoms with Crippen molar-refractivity contribution in [1.29, 1.82) is 0 Å². The van der Waals surface area contributed by atoms with Gasteiger partial charge in [-0.2, -0.15) is 0 Å². The van der Waals surface area contributed by atoms with E-state index in [1.165, 1.54) is 11.6 Å². The Kier molecular flexibility index (Phi) is 8.43. The number of hydrogen-bond donors (Lipinski definition) is 1. The summed E-state index contributed by atoms with van der Waals surface area (Å²) in [7, 11) is 0. The summed E-state index contributed by atoms with van der Waals surface area (Å²) in [6.45, 7) is 11.6. The van der Waals surface area contributed by atoms with Gasteiger partial charge in [0.15, 0.2) is 0 Å². The van der Waals surface area contributed by atoms with Crippen LogP contribution < -0.4 is 4.74 Å². The average Bonchev–Trinajstić information content (AvgIpc) is 2.67. The molecule has 0 saturated heterocycles. The van der Waals surface area contributed by atoms with Crippen LogP contribution in [-0.2, 0) is 16.0 Å². The maximum Gasteiger partial charge on any atom is 0.228 e. The van der Waals surface area contributed by atoms with Gasteiger partial charge in [0.1, 0.15) is 17.1 Å². The zero-order chi connectivity index (χ0) is 23.2. The Labute approximate surface area is 186 Å². The van der Waals surface area contributed by atoms with Crippen LogP contribution in [0.2, 0.25) is 0 Å². The highest BCUT2D eigenvalue weighted by atomic mass is 16.5. The Morgan fingerprint density at radius 2 is 1.84 bits per heavy atom. The van der Waals surface area contributed by atoms with Gasteiger partial charge < -0.3 is 9.84 Å². The molecule has 0 radical (unpaired) electrons. The first kappa shape index (κ1) is 24.6. The number of aromatic hydroxyl groups is 1. The van der Waals surface area contributed by atoms with Crippen LogP contribution in [0.3, 0.4) is 0 Å². The second-order valence-corrected chi connectivity index (χ2v) is 9.23. The van der Waals surface area contributed by atoms with Crippen molar-refractivity contribution < 1.29 is 19.4 Å². The molecule has 0 aliphatic carbocycles. The van der Waals surface area contributed by atoms with Crippen LogP contribution in [0.5, 0.6) is 11.5 Å². The van der Waals surface area contributed by atoms with Gasteiger partial charge in [-0.25, -0.2) is 0 Å². The standard InChI is InChI=1S/C27H36O4/c1-18(2)15-24(29)25(30)20(4)11-7-9-19(3)10-8-13-27(6)14-12-22-17-23(28)16-21(5)26(22)31-27/h10-11,15-17,28H,7-9,12-14H2,1-6H3. The minimum Gasteiger partial charge on any atom is -0.508 e. The molecule has 168 valence electrons. The van der Waals surface area contributed by atoms with E-state index >= 15 is 0 Å². The lowest BCUT2D eigenvalue weighted by Gasteiger charge is -2.36. The van der Waals surface area contributed by atoms with Crippen LogP contribution in [0.1, 0.15) is 77.8 Å². The predicted molar refractivity (Wildman–Crippen MR) is 126 cm³/mol. The van der Waals surface area contributed by atoms with Crippen LogP contribution in [0.15, 0.2) is 47.1 Å². The third kappa shape index (κ3) is 7.23. The van der Waals surface area contributed by atoms with Gasteiger partial charge in [-0.15, -0.1) is 0 Å². The minimum atomic E-state index is -0.450. The zero-order valence-corrected chi connectivity index (χ0v) is 19.8. The fourth-order valence-electron chi connectivity index (χ4n) is 3.89. The maximum atomic E-state index is 12.1. The van der Waals surface area contributed by atoms with Gasteiger partial charge in [-0.1, -0.05) is 23.3 Å². The molecule has 0 saturated carbocycles. The van der Waals surface area contributed by atoms with E-state index in [4.69, 9.17) is 4.74 Å². The Bertz CT molecular complexity index is 929. The van der Waals surface area contributed by atoms with Crippen molar-refractivity contribution in [2.24, 2.45) is 0 Å². The van der Waals surface area contributed by atoms with Gasteiger partial charge in [-0.3, -0.25) is 9.59 Å². The highest BCUT2D eigenvalue weighted by Crippen LogP contribution is 2.39. The molecule has 0 amide bonds.